The molecular formula is C39H35IrN4. The largest absolute Gasteiger partial charge is 3.00 e. The molecule has 0 amide bonds. The quantitative estimate of drug-likeness (QED) is 0.164. The number of aromatic nitrogens is 2. The number of pyridine rings is 1. The molecule has 0 fully saturated rings. The van der Waals surface area contributed by atoms with Crippen LogP contribution in [0.25, 0.3) is 49.4 Å². The van der Waals surface area contributed by atoms with Gasteiger partial charge in [-0.2, -0.15) is 18.8 Å². The summed E-state index contributed by atoms with van der Waals surface area (Å²) in [5.74, 6) is 0. The molecule has 0 bridgehead atoms. The van der Waals surface area contributed by atoms with Crippen LogP contribution in [0.5, 0.6) is 0 Å². The second-order valence-electron chi connectivity index (χ2n) is 11.5. The van der Waals surface area contributed by atoms with Crippen LogP contribution in [0.2, 0.25) is 0 Å². The van der Waals surface area contributed by atoms with Crippen molar-refractivity contribution in [3.8, 4) is 11.3 Å². The van der Waals surface area contributed by atoms with Crippen molar-refractivity contribution in [2.24, 2.45) is 0 Å². The predicted octanol–water partition coefficient (Wildman–Crippen LogP) is 9.62. The average molecular weight is 752 g/mol. The molecule has 0 saturated carbocycles. The zero-order chi connectivity index (χ0) is 29.5. The number of aryl methyl sites for hydroxylation is 3. The molecule has 0 aliphatic carbocycles. The molecule has 1 aliphatic heterocycles. The number of rotatable bonds is 5. The van der Waals surface area contributed by atoms with Crippen molar-refractivity contribution in [2.45, 2.75) is 40.5 Å². The average Bonchev–Trinajstić information content (AvgIpc) is 3.74. The van der Waals surface area contributed by atoms with E-state index in [1.165, 1.54) is 67.6 Å². The fourth-order valence-corrected chi connectivity index (χ4v) is 6.00. The minimum Gasteiger partial charge on any atom is -0.508 e. The van der Waals surface area contributed by atoms with E-state index in [-0.39, 0.29) is 20.1 Å². The van der Waals surface area contributed by atoms with Gasteiger partial charge >= 0.3 is 20.1 Å². The molecule has 3 aromatic heterocycles. The van der Waals surface area contributed by atoms with E-state index in [1.807, 2.05) is 12.3 Å². The normalized spacial score (nSPS) is 12.8. The van der Waals surface area contributed by atoms with E-state index < -0.39 is 0 Å². The third-order valence-electron chi connectivity index (χ3n) is 8.49. The Morgan fingerprint density at radius 2 is 1.55 bits per heavy atom. The van der Waals surface area contributed by atoms with Crippen LogP contribution in [-0.4, -0.2) is 20.8 Å². The zero-order valence-corrected chi connectivity index (χ0v) is 28.0. The Hall–Kier alpha value is -4.18. The molecule has 4 heterocycles. The molecule has 0 radical (unpaired) electrons. The van der Waals surface area contributed by atoms with Gasteiger partial charge in [0.05, 0.1) is 0 Å². The molecule has 220 valence electrons. The van der Waals surface area contributed by atoms with E-state index >= 15 is 0 Å². The van der Waals surface area contributed by atoms with Gasteiger partial charge in [-0.15, -0.1) is 40.8 Å². The monoisotopic (exact) mass is 752 g/mol. The van der Waals surface area contributed by atoms with Crippen molar-refractivity contribution >= 4 is 43.8 Å². The van der Waals surface area contributed by atoms with E-state index in [4.69, 9.17) is 0 Å². The fraction of sp³-hybridized carbons (Fsp3) is 0.179. The summed E-state index contributed by atoms with van der Waals surface area (Å²) < 4.78 is 2.42. The molecule has 4 aromatic carbocycles. The molecule has 0 saturated heterocycles. The van der Waals surface area contributed by atoms with E-state index in [9.17, 15) is 0 Å². The minimum atomic E-state index is 0. The Kier molecular flexibility index (Phi) is 8.44. The maximum Gasteiger partial charge on any atom is 3.00 e. The maximum absolute atomic E-state index is 4.41. The minimum absolute atomic E-state index is 0. The fourth-order valence-electron chi connectivity index (χ4n) is 6.00. The summed E-state index contributed by atoms with van der Waals surface area (Å²) >= 11 is 0. The van der Waals surface area contributed by atoms with Crippen LogP contribution in [-0.2, 0) is 20.1 Å². The number of unbranched alkanes of at least 4 members (excludes halogenated alkanes) is 1. The van der Waals surface area contributed by atoms with Gasteiger partial charge in [-0.05, 0) is 78.9 Å². The first-order valence-corrected chi connectivity index (χ1v) is 15.1. The molecule has 0 spiro atoms. The third-order valence-corrected chi connectivity index (χ3v) is 8.49. The zero-order valence-electron chi connectivity index (χ0n) is 25.6. The van der Waals surface area contributed by atoms with E-state index in [1.54, 1.807) is 0 Å². The SMILES string of the molecule is CCCCN1C=CN(c2[c-]cc3c4ccccc4n4c5ccccc5c2c34)[CH-]1.Cc1c[c-]c(-c2cc(C)c(C)cn2)cc1.[Ir+3]. The van der Waals surface area contributed by atoms with Crippen LogP contribution in [0.4, 0.5) is 5.69 Å². The van der Waals surface area contributed by atoms with Crippen LogP contribution in [0.1, 0.15) is 36.5 Å². The predicted molar refractivity (Wildman–Crippen MR) is 180 cm³/mol. The number of hydrogen-bond acceptors (Lipinski definition) is 3. The van der Waals surface area contributed by atoms with Crippen LogP contribution in [0.3, 0.4) is 0 Å². The number of benzene rings is 4. The Bertz CT molecular complexity index is 2090. The number of hydrogen-bond donors (Lipinski definition) is 0. The van der Waals surface area contributed by atoms with Gasteiger partial charge in [-0.3, -0.25) is 0 Å². The summed E-state index contributed by atoms with van der Waals surface area (Å²) in [6.45, 7) is 11.7. The first-order chi connectivity index (χ1) is 21.0. The topological polar surface area (TPSA) is 23.8 Å². The number of para-hydroxylation sites is 2. The molecule has 44 heavy (non-hydrogen) atoms. The number of nitrogens with zero attached hydrogens (tertiary/aromatic N) is 4. The van der Waals surface area contributed by atoms with E-state index in [0.29, 0.717) is 0 Å². The number of fused-ring (bicyclic) bond motifs is 6. The van der Waals surface area contributed by atoms with Crippen LogP contribution < -0.4 is 4.90 Å². The molecule has 7 aromatic rings. The standard InChI is InChI=1S/C25H21N3.C14H14N.Ir/c1-2-3-14-26-15-16-27(17-26)23-13-12-19-18-8-4-6-10-21(18)28-22-11-7-5-9-20(22)24(23)25(19)28;1-10-4-6-13(7-5-10)14-8-11(2)12(3)9-15-14;/h4-12,15-17H,2-3,14H2,1H3;4-6,8-9H,1-3H3;/q-2;-1;+3. The Balaban J connectivity index is 0.000000183. The van der Waals surface area contributed by atoms with Crippen molar-refractivity contribution < 1.29 is 20.1 Å². The summed E-state index contributed by atoms with van der Waals surface area (Å²) in [4.78, 5) is 8.89. The van der Waals surface area contributed by atoms with Crippen LogP contribution in [0, 0.1) is 39.6 Å². The molecule has 0 unspecified atom stereocenters. The summed E-state index contributed by atoms with van der Waals surface area (Å²) in [7, 11) is 0. The smallest absolute Gasteiger partial charge is 0.508 e. The van der Waals surface area contributed by atoms with Crippen LogP contribution >= 0.6 is 0 Å². The van der Waals surface area contributed by atoms with Crippen molar-refractivity contribution in [3.05, 3.63) is 133 Å². The van der Waals surface area contributed by atoms with Gasteiger partial charge in [-0.1, -0.05) is 79.4 Å². The molecular weight excluding hydrogens is 717 g/mol. The molecule has 1 aliphatic rings. The van der Waals surface area contributed by atoms with Gasteiger partial charge in [0, 0.05) is 17.2 Å². The molecule has 5 heteroatoms. The summed E-state index contributed by atoms with van der Waals surface area (Å²) in [5, 5.41) is 5.13. The first-order valence-electron chi connectivity index (χ1n) is 15.1. The van der Waals surface area contributed by atoms with Gasteiger partial charge in [0.15, 0.2) is 0 Å². The van der Waals surface area contributed by atoms with Gasteiger partial charge in [0.2, 0.25) is 0 Å². The van der Waals surface area contributed by atoms with Gasteiger partial charge in [-0.25, -0.2) is 0 Å². The summed E-state index contributed by atoms with van der Waals surface area (Å²) in [6, 6.07) is 34.6. The summed E-state index contributed by atoms with van der Waals surface area (Å²) in [6.07, 6.45) is 8.63. The first kappa shape index (κ1) is 29.9. The van der Waals surface area contributed by atoms with Gasteiger partial charge < -0.3 is 19.2 Å². The third kappa shape index (κ3) is 5.25. The van der Waals surface area contributed by atoms with Crippen LogP contribution in [0.15, 0.2) is 97.5 Å². The summed E-state index contributed by atoms with van der Waals surface area (Å²) in [5.41, 5.74) is 10.7. The molecule has 4 nitrogen and oxygen atoms in total. The Morgan fingerprint density at radius 1 is 0.795 bits per heavy atom. The Morgan fingerprint density at radius 3 is 2.27 bits per heavy atom. The maximum atomic E-state index is 4.41. The Labute approximate surface area is 273 Å². The van der Waals surface area contributed by atoms with Gasteiger partial charge in [0.25, 0.3) is 0 Å². The second-order valence-corrected chi connectivity index (χ2v) is 11.5. The molecule has 0 N–H and O–H groups in total. The van der Waals surface area contributed by atoms with Crippen molar-refractivity contribution in [1.29, 1.82) is 0 Å². The second kappa shape index (κ2) is 12.4. The molecule has 8 rings (SSSR count). The van der Waals surface area contributed by atoms with Gasteiger partial charge in [0.1, 0.15) is 0 Å². The van der Waals surface area contributed by atoms with E-state index in [2.05, 4.69) is 151 Å². The molecule has 0 atom stereocenters. The number of anilines is 1. The van der Waals surface area contributed by atoms with Crippen molar-refractivity contribution in [3.63, 3.8) is 0 Å². The van der Waals surface area contributed by atoms with Crippen molar-refractivity contribution in [1.82, 2.24) is 14.3 Å². The van der Waals surface area contributed by atoms with Crippen molar-refractivity contribution in [2.75, 3.05) is 11.4 Å². The van der Waals surface area contributed by atoms with E-state index in [0.717, 1.165) is 23.5 Å².